The summed E-state index contributed by atoms with van der Waals surface area (Å²) in [5.41, 5.74) is 7.44. The van der Waals surface area contributed by atoms with Crippen LogP contribution in [0.25, 0.3) is 21.9 Å². The summed E-state index contributed by atoms with van der Waals surface area (Å²) in [7, 11) is -2.70. The van der Waals surface area contributed by atoms with Gasteiger partial charge in [0.25, 0.3) is 0 Å². The summed E-state index contributed by atoms with van der Waals surface area (Å²) < 4.78 is 28.1. The Morgan fingerprint density at radius 2 is 1.05 bits per heavy atom. The molecule has 0 aliphatic carbocycles. The summed E-state index contributed by atoms with van der Waals surface area (Å²) in [4.78, 5) is 2.68. The fourth-order valence-electron chi connectivity index (χ4n) is 8.03. The zero-order chi connectivity index (χ0) is 41.2. The summed E-state index contributed by atoms with van der Waals surface area (Å²) in [5, 5.41) is 6.27. The fraction of sp³-hybridized carbons (Fsp3) is 0.440. The van der Waals surface area contributed by atoms with E-state index in [0.717, 1.165) is 33.1 Å². The van der Waals surface area contributed by atoms with Crippen molar-refractivity contribution in [2.75, 3.05) is 13.2 Å². The van der Waals surface area contributed by atoms with E-state index in [-0.39, 0.29) is 33.7 Å². The Kier molecular flexibility index (Phi) is 11.4. The first-order valence-corrected chi connectivity index (χ1v) is 23.7. The lowest BCUT2D eigenvalue weighted by atomic mass is 9.77. The van der Waals surface area contributed by atoms with Crippen LogP contribution in [0.3, 0.4) is 0 Å². The minimum atomic E-state index is -1.89. The molecule has 57 heavy (non-hydrogen) atoms. The van der Waals surface area contributed by atoms with Gasteiger partial charge in [-0.05, 0) is 82.9 Å². The average molecular weight is 821 g/mol. The van der Waals surface area contributed by atoms with Gasteiger partial charge in [0.2, 0.25) is 0 Å². The second-order valence-corrected chi connectivity index (χ2v) is 24.6. The van der Waals surface area contributed by atoms with Crippen molar-refractivity contribution in [1.82, 2.24) is 0 Å². The third-order valence-corrected chi connectivity index (χ3v) is 16.2. The van der Waals surface area contributed by atoms with E-state index in [2.05, 4.69) is 182 Å². The van der Waals surface area contributed by atoms with Crippen molar-refractivity contribution in [2.24, 2.45) is 0 Å². The number of thiophene rings is 1. The molecule has 0 radical (unpaired) electrons. The molecule has 1 fully saturated rings. The van der Waals surface area contributed by atoms with Crippen LogP contribution < -0.4 is 20.4 Å². The molecular formula is C50H62O4P2S. The zero-order valence-electron chi connectivity index (χ0n) is 36.6. The Hall–Kier alpha value is -3.17. The highest BCUT2D eigenvalue weighted by atomic mass is 32.1. The molecule has 2 aromatic heterocycles. The first-order valence-electron chi connectivity index (χ1n) is 20.4. The predicted octanol–water partition coefficient (Wildman–Crippen LogP) is 13.5. The lowest BCUT2D eigenvalue weighted by molar-refractivity contribution is 0.160. The fourth-order valence-corrected chi connectivity index (χ4v) is 13.4. The third kappa shape index (κ3) is 8.49. The number of hydrogen-bond donors (Lipinski definition) is 0. The van der Waals surface area contributed by atoms with Crippen molar-refractivity contribution < 1.29 is 17.7 Å². The Balaban J connectivity index is 1.48. The first-order chi connectivity index (χ1) is 26.6. The van der Waals surface area contributed by atoms with E-state index >= 15 is 0 Å². The van der Waals surface area contributed by atoms with Crippen molar-refractivity contribution in [1.29, 1.82) is 0 Å². The molecule has 1 aliphatic heterocycles. The average Bonchev–Trinajstić information content (AvgIpc) is 3.63. The summed E-state index contributed by atoms with van der Waals surface area (Å²) in [6.07, 6.45) is -0.255. The maximum Gasteiger partial charge on any atom is 0.387 e. The van der Waals surface area contributed by atoms with Crippen LogP contribution in [-0.2, 0) is 26.4 Å². The first kappa shape index (κ1) is 42.0. The van der Waals surface area contributed by atoms with E-state index < -0.39 is 16.2 Å². The molecule has 2 atom stereocenters. The maximum absolute atomic E-state index is 7.26. The lowest BCUT2D eigenvalue weighted by Crippen LogP contribution is -2.30. The Bertz CT molecular complexity index is 2300. The van der Waals surface area contributed by atoms with Crippen LogP contribution in [0.5, 0.6) is 0 Å². The van der Waals surface area contributed by atoms with Crippen LogP contribution in [0.1, 0.15) is 127 Å². The number of ether oxygens (including phenoxy) is 1. The second kappa shape index (κ2) is 15.5. The summed E-state index contributed by atoms with van der Waals surface area (Å²) >= 11 is 1.90. The standard InChI is InChI=1S/C50H62O4P2S/c1-31-43(46(32(2)57-31)55(35-21-17-15-18-22-35)36-23-19-16-20-24-36)39-29-51-30-42(39)52-56-53-44-37(25-33(47(3,4)5)27-40(44)49(9,10)11)38-26-34(48(6,7)8)28-41(45(38)54-56)50(12,13)14/h15-28,39,42H,29-30H2,1-14H3. The normalized spacial score (nSPS) is 17.0. The van der Waals surface area contributed by atoms with E-state index in [1.54, 1.807) is 0 Å². The van der Waals surface area contributed by atoms with Gasteiger partial charge in [-0.2, -0.15) is 0 Å². The minimum Gasteiger partial charge on any atom is -0.399 e. The lowest BCUT2D eigenvalue weighted by Gasteiger charge is -2.27. The van der Waals surface area contributed by atoms with Crippen LogP contribution in [0.2, 0.25) is 0 Å². The molecule has 0 amide bonds. The zero-order valence-corrected chi connectivity index (χ0v) is 39.2. The Labute approximate surface area is 347 Å². The molecule has 0 saturated carbocycles. The molecule has 1 aliphatic rings. The molecule has 7 heteroatoms. The monoisotopic (exact) mass is 820 g/mol. The van der Waals surface area contributed by atoms with Crippen molar-refractivity contribution >= 4 is 65.4 Å². The van der Waals surface area contributed by atoms with Crippen molar-refractivity contribution in [3.8, 4) is 0 Å². The van der Waals surface area contributed by atoms with E-state index in [0.29, 0.717) is 13.2 Å². The molecule has 0 N–H and O–H groups in total. The van der Waals surface area contributed by atoms with Crippen LogP contribution in [-0.4, -0.2) is 19.3 Å². The molecule has 3 heterocycles. The molecular weight excluding hydrogens is 759 g/mol. The molecule has 302 valence electrons. The topological polar surface area (TPSA) is 44.7 Å². The van der Waals surface area contributed by atoms with Gasteiger partial charge in [-0.1, -0.05) is 156 Å². The Morgan fingerprint density at radius 3 is 1.47 bits per heavy atom. The molecule has 4 aromatic carbocycles. The largest absolute Gasteiger partial charge is 0.399 e. The van der Waals surface area contributed by atoms with Gasteiger partial charge in [-0.25, -0.2) is 0 Å². The van der Waals surface area contributed by atoms with Crippen LogP contribution in [0, 0.1) is 13.8 Å². The van der Waals surface area contributed by atoms with Gasteiger partial charge < -0.3 is 13.1 Å². The second-order valence-electron chi connectivity index (χ2n) is 20.0. The van der Waals surface area contributed by atoms with Crippen molar-refractivity contribution in [2.45, 2.75) is 131 Å². The van der Waals surface area contributed by atoms with Crippen molar-refractivity contribution in [3.63, 3.8) is 0 Å². The number of benzene rings is 4. The molecule has 0 spiro atoms. The van der Waals surface area contributed by atoms with Crippen LogP contribution >= 0.6 is 27.5 Å². The van der Waals surface area contributed by atoms with Gasteiger partial charge in [-0.15, -0.1) is 11.3 Å². The molecule has 0 bridgehead atoms. The van der Waals surface area contributed by atoms with Gasteiger partial charge >= 0.3 is 8.24 Å². The van der Waals surface area contributed by atoms with Gasteiger partial charge in [0.1, 0.15) is 17.3 Å². The number of fused-ring (bicyclic) bond motifs is 3. The predicted molar refractivity (Wildman–Crippen MR) is 248 cm³/mol. The van der Waals surface area contributed by atoms with E-state index in [9.17, 15) is 0 Å². The van der Waals surface area contributed by atoms with Gasteiger partial charge in [0.15, 0.2) is 0 Å². The van der Waals surface area contributed by atoms with Gasteiger partial charge in [0.05, 0.1) is 13.2 Å². The highest BCUT2D eigenvalue weighted by molar-refractivity contribution is 7.80. The summed E-state index contributed by atoms with van der Waals surface area (Å²) in [6.45, 7) is 33.1. The van der Waals surface area contributed by atoms with Crippen LogP contribution in [0.4, 0.5) is 0 Å². The minimum absolute atomic E-state index is 0.0231. The maximum atomic E-state index is 7.26. The van der Waals surface area contributed by atoms with E-state index in [1.807, 2.05) is 11.3 Å². The van der Waals surface area contributed by atoms with Gasteiger partial charge in [-0.3, -0.25) is 4.52 Å². The number of hydrogen-bond acceptors (Lipinski definition) is 5. The molecule has 7 rings (SSSR count). The molecule has 1 saturated heterocycles. The summed E-state index contributed by atoms with van der Waals surface area (Å²) in [6, 6.07) is 31.4. The molecule has 4 nitrogen and oxygen atoms in total. The number of rotatable bonds is 6. The van der Waals surface area contributed by atoms with E-state index in [1.165, 1.54) is 42.4 Å². The van der Waals surface area contributed by atoms with E-state index in [4.69, 9.17) is 17.7 Å². The third-order valence-electron chi connectivity index (χ3n) is 11.3. The van der Waals surface area contributed by atoms with Gasteiger partial charge in [0, 0.05) is 42.9 Å². The quantitative estimate of drug-likeness (QED) is 0.157. The highest BCUT2D eigenvalue weighted by Gasteiger charge is 2.39. The van der Waals surface area contributed by atoms with Crippen LogP contribution in [0.15, 0.2) is 93.3 Å². The SMILES string of the molecule is Cc1sc(C)c(P(c2ccccc2)c2ccccc2)c1C1COCC1Op1oc2c(C(C)(C)C)cc(C(C)(C)C)cc2c2cc(C(C)(C)C)cc(C(C)(C)C)c2o1. The smallest absolute Gasteiger partial charge is 0.387 e. The Morgan fingerprint density at radius 1 is 0.596 bits per heavy atom. The molecule has 2 unspecified atom stereocenters. The summed E-state index contributed by atoms with van der Waals surface area (Å²) in [5.74, 6) is 0.0231. The molecule has 6 aromatic rings. The number of aryl methyl sites for hydroxylation is 2. The highest BCUT2D eigenvalue weighted by Crippen LogP contribution is 2.48. The van der Waals surface area contributed by atoms with Crippen molar-refractivity contribution in [3.05, 3.63) is 123 Å².